The largest absolute Gasteiger partial charge is 0.486 e. The summed E-state index contributed by atoms with van der Waals surface area (Å²) in [6.45, 7) is 1.68. The van der Waals surface area contributed by atoms with Crippen LogP contribution in [0.5, 0.6) is 5.75 Å². The first-order chi connectivity index (χ1) is 10.0. The molecule has 0 aliphatic heterocycles. The molecule has 0 spiro atoms. The Hall–Kier alpha value is -2.70. The van der Waals surface area contributed by atoms with Crippen LogP contribution in [-0.2, 0) is 6.61 Å². The van der Waals surface area contributed by atoms with Crippen molar-refractivity contribution in [3.05, 3.63) is 57.5 Å². The Labute approximate surface area is 120 Å². The summed E-state index contributed by atoms with van der Waals surface area (Å²) in [5.74, 6) is -0.0902. The molecule has 0 aliphatic carbocycles. The van der Waals surface area contributed by atoms with Crippen LogP contribution in [0.3, 0.4) is 0 Å². The van der Waals surface area contributed by atoms with Crippen LogP contribution >= 0.6 is 0 Å². The molecular weight excluding hydrogens is 277 g/mol. The summed E-state index contributed by atoms with van der Waals surface area (Å²) in [4.78, 5) is 14.2. The number of hydrogen-bond donors (Lipinski definition) is 1. The highest BCUT2D eigenvalue weighted by Gasteiger charge is 2.16. The van der Waals surface area contributed by atoms with E-state index in [4.69, 9.17) is 4.74 Å². The van der Waals surface area contributed by atoms with Gasteiger partial charge in [0, 0.05) is 18.8 Å². The molecule has 21 heavy (non-hydrogen) atoms. The van der Waals surface area contributed by atoms with Crippen LogP contribution < -0.4 is 10.1 Å². The lowest BCUT2D eigenvalue weighted by Gasteiger charge is -2.09. The van der Waals surface area contributed by atoms with Crippen LogP contribution in [0.1, 0.15) is 11.1 Å². The number of pyridine rings is 1. The Morgan fingerprint density at radius 1 is 1.43 bits per heavy atom. The standard InChI is InChI=1S/C14H14FN3O3/c1-9-5-13(11(15)7-12(9)18(19)20)21-8-10-3-4-17-14(6-10)16-2/h3-7H,8H2,1-2H3,(H,16,17). The second-order valence-corrected chi connectivity index (χ2v) is 4.41. The number of rotatable bonds is 5. The van der Waals surface area contributed by atoms with Gasteiger partial charge in [0.25, 0.3) is 5.69 Å². The van der Waals surface area contributed by atoms with Gasteiger partial charge in [-0.15, -0.1) is 0 Å². The zero-order valence-electron chi connectivity index (χ0n) is 11.6. The van der Waals surface area contributed by atoms with Crippen molar-refractivity contribution in [3.8, 4) is 5.75 Å². The lowest BCUT2D eigenvalue weighted by atomic mass is 10.2. The van der Waals surface area contributed by atoms with Crippen molar-refractivity contribution in [2.45, 2.75) is 13.5 Å². The number of halogens is 1. The van der Waals surface area contributed by atoms with Gasteiger partial charge >= 0.3 is 0 Å². The maximum atomic E-state index is 13.8. The monoisotopic (exact) mass is 291 g/mol. The van der Waals surface area contributed by atoms with Gasteiger partial charge in [0.15, 0.2) is 11.6 Å². The number of nitrogens with zero attached hydrogens (tertiary/aromatic N) is 2. The fourth-order valence-electron chi connectivity index (χ4n) is 1.81. The van der Waals surface area contributed by atoms with E-state index in [-0.39, 0.29) is 18.0 Å². The summed E-state index contributed by atoms with van der Waals surface area (Å²) in [5, 5.41) is 13.6. The van der Waals surface area contributed by atoms with Crippen LogP contribution in [0.15, 0.2) is 30.5 Å². The van der Waals surface area contributed by atoms with Gasteiger partial charge in [0.05, 0.1) is 11.0 Å². The van der Waals surface area contributed by atoms with Crippen molar-refractivity contribution < 1.29 is 14.1 Å². The molecule has 6 nitrogen and oxygen atoms in total. The van der Waals surface area contributed by atoms with Crippen molar-refractivity contribution in [1.29, 1.82) is 0 Å². The highest BCUT2D eigenvalue weighted by Crippen LogP contribution is 2.27. The molecule has 0 amide bonds. The van der Waals surface area contributed by atoms with Gasteiger partial charge in [-0.3, -0.25) is 10.1 Å². The summed E-state index contributed by atoms with van der Waals surface area (Å²) in [7, 11) is 1.74. The third-order valence-corrected chi connectivity index (χ3v) is 2.92. The van der Waals surface area contributed by atoms with Crippen LogP contribution in [0.4, 0.5) is 15.9 Å². The third kappa shape index (κ3) is 3.44. The molecule has 110 valence electrons. The van der Waals surface area contributed by atoms with E-state index in [1.165, 1.54) is 13.0 Å². The average molecular weight is 291 g/mol. The van der Waals surface area contributed by atoms with Gasteiger partial charge in [-0.05, 0) is 30.7 Å². The second kappa shape index (κ2) is 6.17. The Kier molecular flexibility index (Phi) is 4.32. The lowest BCUT2D eigenvalue weighted by Crippen LogP contribution is -2.01. The van der Waals surface area contributed by atoms with Crippen molar-refractivity contribution in [2.75, 3.05) is 12.4 Å². The summed E-state index contributed by atoms with van der Waals surface area (Å²) in [6.07, 6.45) is 1.61. The smallest absolute Gasteiger partial charge is 0.275 e. The summed E-state index contributed by atoms with van der Waals surface area (Å²) in [5.41, 5.74) is 0.896. The zero-order valence-corrected chi connectivity index (χ0v) is 11.6. The van der Waals surface area contributed by atoms with Gasteiger partial charge in [-0.25, -0.2) is 9.37 Å². The predicted octanol–water partition coefficient (Wildman–Crippen LogP) is 3.06. The first kappa shape index (κ1) is 14.7. The molecule has 2 rings (SSSR count). The molecule has 0 aliphatic rings. The van der Waals surface area contributed by atoms with E-state index in [0.29, 0.717) is 11.4 Å². The van der Waals surface area contributed by atoms with Crippen molar-refractivity contribution in [3.63, 3.8) is 0 Å². The number of nitrogens with one attached hydrogen (secondary N) is 1. The minimum Gasteiger partial charge on any atom is -0.486 e. The minimum atomic E-state index is -0.754. The molecule has 2 aromatic rings. The Morgan fingerprint density at radius 3 is 2.86 bits per heavy atom. The molecule has 7 heteroatoms. The van der Waals surface area contributed by atoms with Gasteiger partial charge in [-0.2, -0.15) is 0 Å². The van der Waals surface area contributed by atoms with E-state index < -0.39 is 10.7 Å². The predicted molar refractivity (Wildman–Crippen MR) is 75.9 cm³/mol. The lowest BCUT2D eigenvalue weighted by molar-refractivity contribution is -0.385. The highest BCUT2D eigenvalue weighted by atomic mass is 19.1. The number of aromatic nitrogens is 1. The number of ether oxygens (including phenoxy) is 1. The molecule has 1 aromatic carbocycles. The topological polar surface area (TPSA) is 77.3 Å². The number of aryl methyl sites for hydroxylation is 1. The van der Waals surface area contributed by atoms with Crippen LogP contribution in [-0.4, -0.2) is 17.0 Å². The fourth-order valence-corrected chi connectivity index (χ4v) is 1.81. The molecular formula is C14H14FN3O3. The van der Waals surface area contributed by atoms with Gasteiger partial charge in [0.2, 0.25) is 0 Å². The molecule has 0 saturated carbocycles. The minimum absolute atomic E-state index is 0.0130. The Bertz CT molecular complexity index is 677. The second-order valence-electron chi connectivity index (χ2n) is 4.41. The number of hydrogen-bond acceptors (Lipinski definition) is 5. The number of benzene rings is 1. The van der Waals surface area contributed by atoms with E-state index in [0.717, 1.165) is 11.6 Å². The van der Waals surface area contributed by atoms with Crippen molar-refractivity contribution >= 4 is 11.5 Å². The molecule has 1 aromatic heterocycles. The highest BCUT2D eigenvalue weighted by molar-refractivity contribution is 5.45. The fraction of sp³-hybridized carbons (Fsp3) is 0.214. The normalized spacial score (nSPS) is 10.2. The van der Waals surface area contributed by atoms with E-state index in [1.54, 1.807) is 25.4 Å². The van der Waals surface area contributed by atoms with Gasteiger partial charge in [0.1, 0.15) is 12.4 Å². The number of anilines is 1. The number of nitro benzene ring substituents is 1. The third-order valence-electron chi connectivity index (χ3n) is 2.92. The molecule has 1 N–H and O–H groups in total. The first-order valence-corrected chi connectivity index (χ1v) is 6.21. The molecule has 0 unspecified atom stereocenters. The SMILES string of the molecule is CNc1cc(COc2cc(C)c([N+](=O)[O-])cc2F)ccn1. The average Bonchev–Trinajstić information content (AvgIpc) is 2.47. The van der Waals surface area contributed by atoms with E-state index >= 15 is 0 Å². The number of nitro groups is 1. The molecule has 1 heterocycles. The Balaban J connectivity index is 2.16. The van der Waals surface area contributed by atoms with Gasteiger partial charge in [-0.1, -0.05) is 0 Å². The van der Waals surface area contributed by atoms with Crippen LogP contribution in [0.2, 0.25) is 0 Å². The molecule has 0 radical (unpaired) electrons. The van der Waals surface area contributed by atoms with Crippen molar-refractivity contribution in [1.82, 2.24) is 4.98 Å². The Morgan fingerprint density at radius 2 is 2.19 bits per heavy atom. The van der Waals surface area contributed by atoms with Crippen LogP contribution in [0, 0.1) is 22.9 Å². The summed E-state index contributed by atoms with van der Waals surface area (Å²) in [6, 6.07) is 5.72. The molecule has 0 bridgehead atoms. The summed E-state index contributed by atoms with van der Waals surface area (Å²) < 4.78 is 19.2. The van der Waals surface area contributed by atoms with Crippen molar-refractivity contribution in [2.24, 2.45) is 0 Å². The zero-order chi connectivity index (χ0) is 15.4. The van der Waals surface area contributed by atoms with Crippen LogP contribution in [0.25, 0.3) is 0 Å². The summed E-state index contributed by atoms with van der Waals surface area (Å²) >= 11 is 0. The first-order valence-electron chi connectivity index (χ1n) is 6.21. The van der Waals surface area contributed by atoms with E-state index in [9.17, 15) is 14.5 Å². The molecule has 0 atom stereocenters. The van der Waals surface area contributed by atoms with Gasteiger partial charge < -0.3 is 10.1 Å². The van der Waals surface area contributed by atoms with E-state index in [1.807, 2.05) is 0 Å². The maximum Gasteiger partial charge on any atom is 0.275 e. The maximum absolute atomic E-state index is 13.8. The quantitative estimate of drug-likeness (QED) is 0.676. The molecule has 0 fully saturated rings. The van der Waals surface area contributed by atoms with E-state index in [2.05, 4.69) is 10.3 Å². The molecule has 0 saturated heterocycles.